The zero-order valence-corrected chi connectivity index (χ0v) is 12.9. The molecular weight excluding hydrogens is 309 g/mol. The number of amides is 1. The molecular formula is C16H21F3N2O2. The van der Waals surface area contributed by atoms with Gasteiger partial charge in [0.15, 0.2) is 0 Å². The van der Waals surface area contributed by atoms with Gasteiger partial charge >= 0.3 is 6.18 Å². The lowest BCUT2D eigenvalue weighted by molar-refractivity contribution is -0.137. The SMILES string of the molecule is CC(O)C1CCN(CC(=O)Nc2ccccc2C(F)(F)F)CC1. The Hall–Kier alpha value is -1.60. The Morgan fingerprint density at radius 2 is 1.96 bits per heavy atom. The van der Waals surface area contributed by atoms with Gasteiger partial charge in [-0.1, -0.05) is 12.1 Å². The highest BCUT2D eigenvalue weighted by atomic mass is 19.4. The summed E-state index contributed by atoms with van der Waals surface area (Å²) in [6, 6.07) is 4.95. The molecule has 1 aromatic carbocycles. The maximum atomic E-state index is 12.9. The van der Waals surface area contributed by atoms with Crippen LogP contribution in [0.3, 0.4) is 0 Å². The second kappa shape index (κ2) is 7.31. The van der Waals surface area contributed by atoms with Crippen molar-refractivity contribution in [3.8, 4) is 0 Å². The number of aliphatic hydroxyl groups is 1. The number of rotatable bonds is 4. The highest BCUT2D eigenvalue weighted by molar-refractivity contribution is 5.93. The standard InChI is InChI=1S/C16H21F3N2O2/c1-11(22)12-6-8-21(9-7-12)10-15(23)20-14-5-3-2-4-13(14)16(17,18)19/h2-5,11-12,22H,6-10H2,1H3,(H,20,23). The van der Waals surface area contributed by atoms with Crippen LogP contribution in [-0.2, 0) is 11.0 Å². The van der Waals surface area contributed by atoms with E-state index in [1.165, 1.54) is 18.2 Å². The molecule has 0 aliphatic carbocycles. The number of aliphatic hydroxyl groups excluding tert-OH is 1. The third kappa shape index (κ3) is 4.94. The van der Waals surface area contributed by atoms with E-state index in [1.807, 2.05) is 4.90 Å². The van der Waals surface area contributed by atoms with E-state index in [2.05, 4.69) is 5.32 Å². The Labute approximate surface area is 133 Å². The molecule has 0 aromatic heterocycles. The predicted molar refractivity (Wildman–Crippen MR) is 80.9 cm³/mol. The van der Waals surface area contributed by atoms with Crippen molar-refractivity contribution in [2.75, 3.05) is 25.0 Å². The second-order valence-electron chi connectivity index (χ2n) is 5.95. The zero-order valence-electron chi connectivity index (χ0n) is 12.9. The summed E-state index contributed by atoms with van der Waals surface area (Å²) < 4.78 is 38.7. The maximum absolute atomic E-state index is 12.9. The number of piperidine rings is 1. The van der Waals surface area contributed by atoms with Crippen LogP contribution in [0.4, 0.5) is 18.9 Å². The van der Waals surface area contributed by atoms with E-state index in [1.54, 1.807) is 6.92 Å². The molecule has 2 rings (SSSR count). The molecule has 2 N–H and O–H groups in total. The molecule has 1 aromatic rings. The van der Waals surface area contributed by atoms with Gasteiger partial charge in [0, 0.05) is 0 Å². The van der Waals surface area contributed by atoms with Crippen molar-refractivity contribution >= 4 is 11.6 Å². The number of benzene rings is 1. The van der Waals surface area contributed by atoms with Crippen molar-refractivity contribution in [2.24, 2.45) is 5.92 Å². The van der Waals surface area contributed by atoms with Crippen LogP contribution in [0.25, 0.3) is 0 Å². The summed E-state index contributed by atoms with van der Waals surface area (Å²) in [6.07, 6.45) is -3.31. The van der Waals surface area contributed by atoms with Gasteiger partial charge in [-0.3, -0.25) is 9.69 Å². The zero-order chi connectivity index (χ0) is 17.0. The van der Waals surface area contributed by atoms with Crippen molar-refractivity contribution in [3.05, 3.63) is 29.8 Å². The molecule has 1 aliphatic rings. The fourth-order valence-electron chi connectivity index (χ4n) is 2.83. The Balaban J connectivity index is 1.92. The summed E-state index contributed by atoms with van der Waals surface area (Å²) in [5, 5.41) is 11.9. The molecule has 1 heterocycles. The minimum atomic E-state index is -4.50. The van der Waals surface area contributed by atoms with E-state index in [9.17, 15) is 23.1 Å². The molecule has 1 saturated heterocycles. The number of carbonyl (C=O) groups is 1. The van der Waals surface area contributed by atoms with Crippen LogP contribution in [0.5, 0.6) is 0 Å². The van der Waals surface area contributed by atoms with Crippen molar-refractivity contribution in [2.45, 2.75) is 32.0 Å². The lowest BCUT2D eigenvalue weighted by Gasteiger charge is -2.32. The molecule has 23 heavy (non-hydrogen) atoms. The molecule has 0 spiro atoms. The monoisotopic (exact) mass is 330 g/mol. The van der Waals surface area contributed by atoms with Crippen LogP contribution < -0.4 is 5.32 Å². The van der Waals surface area contributed by atoms with Crippen molar-refractivity contribution in [1.29, 1.82) is 0 Å². The molecule has 128 valence electrons. The molecule has 0 radical (unpaired) electrons. The minimum Gasteiger partial charge on any atom is -0.393 e. The molecule has 7 heteroatoms. The van der Waals surface area contributed by atoms with Gasteiger partial charge in [0.2, 0.25) is 5.91 Å². The van der Waals surface area contributed by atoms with Gasteiger partial charge in [-0.05, 0) is 50.9 Å². The molecule has 0 bridgehead atoms. The number of nitrogens with zero attached hydrogens (tertiary/aromatic N) is 1. The first-order chi connectivity index (χ1) is 10.8. The lowest BCUT2D eigenvalue weighted by atomic mass is 9.92. The van der Waals surface area contributed by atoms with Gasteiger partial charge < -0.3 is 10.4 Å². The Bertz CT molecular complexity index is 538. The van der Waals surface area contributed by atoms with E-state index in [-0.39, 0.29) is 24.3 Å². The van der Waals surface area contributed by atoms with E-state index in [0.717, 1.165) is 18.9 Å². The summed E-state index contributed by atoms with van der Waals surface area (Å²) in [5.74, 6) is -0.238. The number of anilines is 1. The maximum Gasteiger partial charge on any atom is 0.418 e. The normalized spacial score (nSPS) is 18.7. The number of nitrogens with one attached hydrogen (secondary N) is 1. The molecule has 1 atom stereocenters. The molecule has 4 nitrogen and oxygen atoms in total. The summed E-state index contributed by atoms with van der Waals surface area (Å²) in [6.45, 7) is 3.12. The smallest absolute Gasteiger partial charge is 0.393 e. The largest absolute Gasteiger partial charge is 0.418 e. The predicted octanol–water partition coefficient (Wildman–Crippen LogP) is 2.74. The molecule has 1 fully saturated rings. The number of hydrogen-bond donors (Lipinski definition) is 2. The molecule has 1 aliphatic heterocycles. The van der Waals surface area contributed by atoms with Gasteiger partial charge in [-0.15, -0.1) is 0 Å². The first-order valence-electron chi connectivity index (χ1n) is 7.64. The van der Waals surface area contributed by atoms with E-state index in [4.69, 9.17) is 0 Å². The van der Waals surface area contributed by atoms with Crippen LogP contribution in [0.15, 0.2) is 24.3 Å². The first kappa shape index (κ1) is 17.7. The molecule has 1 amide bonds. The first-order valence-corrected chi connectivity index (χ1v) is 7.64. The van der Waals surface area contributed by atoms with Crippen LogP contribution in [-0.4, -0.2) is 41.7 Å². The quantitative estimate of drug-likeness (QED) is 0.892. The van der Waals surface area contributed by atoms with Gasteiger partial charge in [-0.2, -0.15) is 13.2 Å². The summed E-state index contributed by atoms with van der Waals surface area (Å²) in [7, 11) is 0. The van der Waals surface area contributed by atoms with Crippen LogP contribution in [0.2, 0.25) is 0 Å². The van der Waals surface area contributed by atoms with Crippen molar-refractivity contribution < 1.29 is 23.1 Å². The number of para-hydroxylation sites is 1. The van der Waals surface area contributed by atoms with Gasteiger partial charge in [0.1, 0.15) is 0 Å². The third-order valence-corrected chi connectivity index (χ3v) is 4.19. The molecule has 0 saturated carbocycles. The van der Waals surface area contributed by atoms with Crippen LogP contribution in [0, 0.1) is 5.92 Å². The van der Waals surface area contributed by atoms with E-state index < -0.39 is 17.6 Å². The number of hydrogen-bond acceptors (Lipinski definition) is 3. The molecule has 1 unspecified atom stereocenters. The van der Waals surface area contributed by atoms with Gasteiger partial charge in [-0.25, -0.2) is 0 Å². The van der Waals surface area contributed by atoms with Crippen molar-refractivity contribution in [3.63, 3.8) is 0 Å². The number of carbonyl (C=O) groups excluding carboxylic acids is 1. The summed E-state index contributed by atoms with van der Waals surface area (Å²) >= 11 is 0. The third-order valence-electron chi connectivity index (χ3n) is 4.19. The number of likely N-dealkylation sites (tertiary alicyclic amines) is 1. The van der Waals surface area contributed by atoms with Gasteiger partial charge in [0.25, 0.3) is 0 Å². The fourth-order valence-corrected chi connectivity index (χ4v) is 2.83. The highest BCUT2D eigenvalue weighted by Crippen LogP contribution is 2.34. The topological polar surface area (TPSA) is 52.6 Å². The lowest BCUT2D eigenvalue weighted by Crippen LogP contribution is -2.41. The fraction of sp³-hybridized carbons (Fsp3) is 0.562. The van der Waals surface area contributed by atoms with Crippen LogP contribution in [0.1, 0.15) is 25.3 Å². The Morgan fingerprint density at radius 1 is 1.35 bits per heavy atom. The van der Waals surface area contributed by atoms with Crippen LogP contribution >= 0.6 is 0 Å². The summed E-state index contributed by atoms with van der Waals surface area (Å²) in [4.78, 5) is 13.9. The van der Waals surface area contributed by atoms with Gasteiger partial charge in [0.05, 0.1) is 23.9 Å². The number of halogens is 3. The Morgan fingerprint density at radius 3 is 2.52 bits per heavy atom. The second-order valence-corrected chi connectivity index (χ2v) is 5.95. The Kier molecular flexibility index (Phi) is 5.64. The van der Waals surface area contributed by atoms with Crippen molar-refractivity contribution in [1.82, 2.24) is 4.90 Å². The van der Waals surface area contributed by atoms with E-state index >= 15 is 0 Å². The minimum absolute atomic E-state index is 0.0543. The average Bonchev–Trinajstić information content (AvgIpc) is 2.47. The van der Waals surface area contributed by atoms with E-state index in [0.29, 0.717) is 13.1 Å². The summed E-state index contributed by atoms with van der Waals surface area (Å²) in [5.41, 5.74) is -1.06. The highest BCUT2D eigenvalue weighted by Gasteiger charge is 2.33. The number of alkyl halides is 3. The average molecular weight is 330 g/mol.